The second kappa shape index (κ2) is 6.57. The molecular weight excluding hydrogens is 361 g/mol. The zero-order valence-corrected chi connectivity index (χ0v) is 13.7. The van der Waals surface area contributed by atoms with E-state index < -0.39 is 5.91 Å². The normalized spacial score (nSPS) is 14.3. The first-order chi connectivity index (χ1) is 11.0. The maximum Gasteiger partial charge on any atom is 0.299 e. The highest BCUT2D eigenvalue weighted by Gasteiger charge is 2.16. The number of rotatable bonds is 3. The first-order valence-corrected chi connectivity index (χ1v) is 7.88. The molecule has 0 atom stereocenters. The van der Waals surface area contributed by atoms with Gasteiger partial charge in [0, 0.05) is 0 Å². The number of carbonyl (C=O) groups excluding carboxylic acids is 1. The van der Waals surface area contributed by atoms with Gasteiger partial charge in [0.15, 0.2) is 5.82 Å². The smallest absolute Gasteiger partial charge is 0.265 e. The Morgan fingerprint density at radius 3 is 2.78 bits per heavy atom. The van der Waals surface area contributed by atoms with Crippen LogP contribution in [0.5, 0.6) is 0 Å². The van der Waals surface area contributed by atoms with Crippen LogP contribution in [0.3, 0.4) is 0 Å². The van der Waals surface area contributed by atoms with Crippen LogP contribution in [-0.2, 0) is 10.5 Å². The standard InChI is InChI=1S/C12H7Cl2N7OS/c1-6-11(22)15-12(18-16-6)23-5-10-17-19-20-21(10)7-2-3-8(13)9(14)4-7/h2-4H,1,5H2. The Bertz CT molecular complexity index is 861. The maximum atomic E-state index is 11.4. The van der Waals surface area contributed by atoms with Crippen LogP contribution in [0.1, 0.15) is 5.82 Å². The van der Waals surface area contributed by atoms with Crippen molar-refractivity contribution in [3.05, 3.63) is 46.3 Å². The number of aromatic nitrogens is 4. The quantitative estimate of drug-likeness (QED) is 0.776. The number of aliphatic imine (C=N–C) groups is 1. The number of carbonyl (C=O) groups is 1. The summed E-state index contributed by atoms with van der Waals surface area (Å²) in [5.74, 6) is 0.361. The van der Waals surface area contributed by atoms with Gasteiger partial charge in [0.1, 0.15) is 5.70 Å². The summed E-state index contributed by atoms with van der Waals surface area (Å²) in [6.07, 6.45) is 0. The van der Waals surface area contributed by atoms with Gasteiger partial charge in [0.25, 0.3) is 5.91 Å². The van der Waals surface area contributed by atoms with Gasteiger partial charge in [-0.15, -0.1) is 15.3 Å². The lowest BCUT2D eigenvalue weighted by atomic mass is 10.3. The molecule has 1 aliphatic rings. The molecule has 11 heteroatoms. The number of amides is 1. The lowest BCUT2D eigenvalue weighted by Gasteiger charge is -2.06. The topological polar surface area (TPSA) is 97.8 Å². The van der Waals surface area contributed by atoms with Crippen molar-refractivity contribution in [3.8, 4) is 5.69 Å². The van der Waals surface area contributed by atoms with Gasteiger partial charge in [-0.2, -0.15) is 9.67 Å². The van der Waals surface area contributed by atoms with Crippen molar-refractivity contribution in [2.24, 2.45) is 15.2 Å². The number of benzene rings is 1. The predicted molar refractivity (Wildman–Crippen MR) is 86.9 cm³/mol. The highest BCUT2D eigenvalue weighted by atomic mass is 35.5. The second-order valence-electron chi connectivity index (χ2n) is 4.24. The van der Waals surface area contributed by atoms with Crippen LogP contribution < -0.4 is 0 Å². The Kier molecular flexibility index (Phi) is 4.51. The second-order valence-corrected chi connectivity index (χ2v) is 6.00. The first kappa shape index (κ1) is 15.8. The molecule has 8 nitrogen and oxygen atoms in total. The SMILES string of the molecule is C=C1N=NC(SCc2nnnn2-c2ccc(Cl)c(Cl)c2)=NC1=O. The van der Waals surface area contributed by atoms with E-state index in [1.807, 2.05) is 0 Å². The average molecular weight is 368 g/mol. The lowest BCUT2D eigenvalue weighted by Crippen LogP contribution is -2.06. The molecule has 116 valence electrons. The van der Waals surface area contributed by atoms with Crippen molar-refractivity contribution in [2.45, 2.75) is 5.75 Å². The third kappa shape index (κ3) is 3.46. The van der Waals surface area contributed by atoms with E-state index >= 15 is 0 Å². The van der Waals surface area contributed by atoms with Crippen LogP contribution in [-0.4, -0.2) is 31.3 Å². The number of tetrazole rings is 1. The van der Waals surface area contributed by atoms with Crippen molar-refractivity contribution in [2.75, 3.05) is 0 Å². The van der Waals surface area contributed by atoms with Crippen molar-refractivity contribution in [1.82, 2.24) is 20.2 Å². The lowest BCUT2D eigenvalue weighted by molar-refractivity contribution is -0.114. The van der Waals surface area contributed by atoms with Crippen LogP contribution in [0.25, 0.3) is 5.69 Å². The number of hydrogen-bond acceptors (Lipinski definition) is 7. The van der Waals surface area contributed by atoms with E-state index in [2.05, 4.69) is 37.3 Å². The number of nitrogens with zero attached hydrogens (tertiary/aromatic N) is 7. The van der Waals surface area contributed by atoms with E-state index in [4.69, 9.17) is 23.2 Å². The van der Waals surface area contributed by atoms with E-state index in [9.17, 15) is 4.79 Å². The van der Waals surface area contributed by atoms with Crippen LogP contribution in [0.4, 0.5) is 0 Å². The molecule has 3 rings (SSSR count). The number of halogens is 2. The number of amidine groups is 1. The summed E-state index contributed by atoms with van der Waals surface area (Å²) in [5.41, 5.74) is 0.673. The van der Waals surface area contributed by atoms with Gasteiger partial charge in [0.05, 0.1) is 21.5 Å². The molecule has 1 aliphatic heterocycles. The van der Waals surface area contributed by atoms with E-state index in [0.717, 1.165) is 0 Å². The molecule has 0 aliphatic carbocycles. The van der Waals surface area contributed by atoms with Crippen molar-refractivity contribution >= 4 is 46.0 Å². The van der Waals surface area contributed by atoms with Gasteiger partial charge in [-0.1, -0.05) is 41.5 Å². The van der Waals surface area contributed by atoms with Gasteiger partial charge in [-0.05, 0) is 28.6 Å². The van der Waals surface area contributed by atoms with Crippen molar-refractivity contribution < 1.29 is 4.79 Å². The summed E-state index contributed by atoms with van der Waals surface area (Å²) < 4.78 is 1.51. The average Bonchev–Trinajstić information content (AvgIpc) is 3.00. The largest absolute Gasteiger partial charge is 0.299 e. The predicted octanol–water partition coefficient (Wildman–Crippen LogP) is 3.06. The Morgan fingerprint density at radius 2 is 2.04 bits per heavy atom. The van der Waals surface area contributed by atoms with Gasteiger partial charge >= 0.3 is 0 Å². The van der Waals surface area contributed by atoms with Crippen LogP contribution in [0.2, 0.25) is 10.0 Å². The molecule has 0 spiro atoms. The molecule has 0 bridgehead atoms. The highest BCUT2D eigenvalue weighted by molar-refractivity contribution is 8.13. The molecule has 1 aromatic heterocycles. The highest BCUT2D eigenvalue weighted by Crippen LogP contribution is 2.25. The molecule has 2 aromatic rings. The zero-order valence-electron chi connectivity index (χ0n) is 11.3. The van der Waals surface area contributed by atoms with Gasteiger partial charge in [-0.25, -0.2) is 0 Å². The number of thioether (sulfide) groups is 1. The summed E-state index contributed by atoms with van der Waals surface area (Å²) in [4.78, 5) is 15.2. The molecule has 1 amide bonds. The molecule has 0 radical (unpaired) electrons. The molecule has 0 saturated heterocycles. The molecule has 0 fully saturated rings. The molecule has 0 unspecified atom stereocenters. The summed E-state index contributed by atoms with van der Waals surface area (Å²) in [7, 11) is 0. The third-order valence-corrected chi connectivity index (χ3v) is 4.29. The van der Waals surface area contributed by atoms with Crippen molar-refractivity contribution in [3.63, 3.8) is 0 Å². The Balaban J connectivity index is 1.78. The van der Waals surface area contributed by atoms with E-state index in [1.54, 1.807) is 18.2 Å². The Labute approximate surface area is 144 Å². The summed E-state index contributed by atoms with van der Waals surface area (Å²) in [6, 6.07) is 5.05. The fourth-order valence-corrected chi connectivity index (χ4v) is 2.60. The Morgan fingerprint density at radius 1 is 1.22 bits per heavy atom. The summed E-state index contributed by atoms with van der Waals surface area (Å²) >= 11 is 13.1. The minimum atomic E-state index is -0.508. The zero-order chi connectivity index (χ0) is 16.4. The number of hydrogen-bond donors (Lipinski definition) is 0. The minimum Gasteiger partial charge on any atom is -0.265 e. The van der Waals surface area contributed by atoms with E-state index in [0.29, 0.717) is 27.3 Å². The summed E-state index contributed by atoms with van der Waals surface area (Å²) in [5, 5.41) is 20.0. The fraction of sp³-hybridized carbons (Fsp3) is 0.0833. The summed E-state index contributed by atoms with van der Waals surface area (Å²) in [6.45, 7) is 3.42. The maximum absolute atomic E-state index is 11.4. The van der Waals surface area contributed by atoms with Crippen molar-refractivity contribution in [1.29, 1.82) is 0 Å². The molecule has 0 saturated carbocycles. The van der Waals surface area contributed by atoms with Crippen LogP contribution in [0, 0.1) is 0 Å². The molecule has 1 aromatic carbocycles. The first-order valence-electron chi connectivity index (χ1n) is 6.14. The molecular formula is C12H7Cl2N7OS. The fourth-order valence-electron chi connectivity index (χ4n) is 1.62. The third-order valence-electron chi connectivity index (χ3n) is 2.71. The molecule has 23 heavy (non-hydrogen) atoms. The number of azo groups is 1. The van der Waals surface area contributed by atoms with Gasteiger partial charge in [-0.3, -0.25) is 4.79 Å². The van der Waals surface area contributed by atoms with Crippen LogP contribution in [0.15, 0.2) is 45.7 Å². The van der Waals surface area contributed by atoms with E-state index in [-0.39, 0.29) is 10.9 Å². The van der Waals surface area contributed by atoms with Gasteiger partial charge in [0.2, 0.25) is 5.17 Å². The monoisotopic (exact) mass is 367 g/mol. The molecule has 2 heterocycles. The van der Waals surface area contributed by atoms with E-state index in [1.165, 1.54) is 16.4 Å². The van der Waals surface area contributed by atoms with Gasteiger partial charge < -0.3 is 0 Å². The van der Waals surface area contributed by atoms with Crippen LogP contribution >= 0.6 is 35.0 Å². The molecule has 0 N–H and O–H groups in total. The Hall–Kier alpha value is -2.10. The minimum absolute atomic E-state index is 0.00925.